The van der Waals surface area contributed by atoms with E-state index < -0.39 is 18.2 Å². The molecule has 5 atom stereocenters. The molecule has 2 aliphatic heterocycles. The summed E-state index contributed by atoms with van der Waals surface area (Å²) in [5.74, 6) is -0.996. The molecular weight excluding hydrogens is 350 g/mol. The molecular formula is C20H29NO6. The van der Waals surface area contributed by atoms with E-state index in [9.17, 15) is 4.79 Å². The number of methoxy groups -OCH3 is 1. The maximum Gasteiger partial charge on any atom is 0.307 e. The van der Waals surface area contributed by atoms with Gasteiger partial charge in [-0.1, -0.05) is 30.3 Å². The molecule has 27 heavy (non-hydrogen) atoms. The highest BCUT2D eigenvalue weighted by Crippen LogP contribution is 2.40. The fourth-order valence-electron chi connectivity index (χ4n) is 3.65. The lowest BCUT2D eigenvalue weighted by Crippen LogP contribution is -2.47. The largest absolute Gasteiger partial charge is 0.466 e. The van der Waals surface area contributed by atoms with Gasteiger partial charge < -0.3 is 29.0 Å². The molecule has 0 radical (unpaired) electrons. The van der Waals surface area contributed by atoms with Gasteiger partial charge in [0.25, 0.3) is 0 Å². The molecule has 7 heteroatoms. The van der Waals surface area contributed by atoms with Crippen LogP contribution in [0.15, 0.2) is 30.3 Å². The van der Waals surface area contributed by atoms with Gasteiger partial charge in [0.05, 0.1) is 13.0 Å². The fraction of sp³-hybridized carbons (Fsp3) is 0.650. The number of carbonyl (C=O) groups is 1. The molecule has 0 unspecified atom stereocenters. The zero-order valence-corrected chi connectivity index (χ0v) is 16.3. The monoisotopic (exact) mass is 379 g/mol. The summed E-state index contributed by atoms with van der Waals surface area (Å²) in [4.78, 5) is 12.2. The van der Waals surface area contributed by atoms with E-state index in [1.54, 1.807) is 14.0 Å². The van der Waals surface area contributed by atoms with Crippen LogP contribution < -0.4 is 5.32 Å². The Morgan fingerprint density at radius 2 is 1.93 bits per heavy atom. The second-order valence-corrected chi connectivity index (χ2v) is 7.25. The van der Waals surface area contributed by atoms with Crippen molar-refractivity contribution < 1.29 is 28.5 Å². The second kappa shape index (κ2) is 8.67. The van der Waals surface area contributed by atoms with Crippen LogP contribution in [0.5, 0.6) is 0 Å². The van der Waals surface area contributed by atoms with Crippen molar-refractivity contribution in [1.82, 2.24) is 5.32 Å². The first kappa shape index (κ1) is 20.2. The lowest BCUT2D eigenvalue weighted by atomic mass is 10.0. The number of nitrogens with one attached hydrogen (secondary N) is 1. The number of rotatable bonds is 8. The van der Waals surface area contributed by atoms with Crippen molar-refractivity contribution in [2.45, 2.75) is 70.2 Å². The summed E-state index contributed by atoms with van der Waals surface area (Å²) in [5, 5.41) is 3.43. The number of benzene rings is 1. The van der Waals surface area contributed by atoms with Crippen LogP contribution in [0.2, 0.25) is 0 Å². The average molecular weight is 379 g/mol. The summed E-state index contributed by atoms with van der Waals surface area (Å²) in [6, 6.07) is 9.70. The van der Waals surface area contributed by atoms with Crippen molar-refractivity contribution in [3.63, 3.8) is 0 Å². The van der Waals surface area contributed by atoms with Crippen LogP contribution in [0.1, 0.15) is 32.8 Å². The van der Waals surface area contributed by atoms with Gasteiger partial charge in [0, 0.05) is 19.7 Å². The van der Waals surface area contributed by atoms with Gasteiger partial charge >= 0.3 is 5.97 Å². The van der Waals surface area contributed by atoms with Crippen LogP contribution in [0.4, 0.5) is 0 Å². The maximum atomic E-state index is 12.2. The molecule has 150 valence electrons. The Labute approximate surface area is 160 Å². The van der Waals surface area contributed by atoms with E-state index in [0.29, 0.717) is 13.2 Å². The van der Waals surface area contributed by atoms with Gasteiger partial charge in [-0.05, 0) is 26.3 Å². The van der Waals surface area contributed by atoms with E-state index in [1.165, 1.54) is 0 Å². The Hall–Kier alpha value is -1.51. The standard InChI is InChI=1S/C20H29NO6/c1-5-24-15(22)11-14(21-12-13-9-7-6-8-10-13)16-17-18(19(23-4)25-16)27-20(2,3)26-17/h6-10,14,16-19,21H,5,11-12H2,1-4H3/t14-,16+,17+,18+,19+/m0/s1. The van der Waals surface area contributed by atoms with Gasteiger partial charge in [-0.25, -0.2) is 0 Å². The predicted octanol–water partition coefficient (Wildman–Crippen LogP) is 1.99. The highest BCUT2D eigenvalue weighted by atomic mass is 16.8. The summed E-state index contributed by atoms with van der Waals surface area (Å²) in [7, 11) is 1.58. The molecule has 0 aliphatic carbocycles. The minimum Gasteiger partial charge on any atom is -0.466 e. The summed E-state index contributed by atoms with van der Waals surface area (Å²) < 4.78 is 28.7. The molecule has 3 rings (SSSR count). The highest BCUT2D eigenvalue weighted by Gasteiger charge is 2.57. The normalized spacial score (nSPS) is 30.1. The van der Waals surface area contributed by atoms with E-state index in [4.69, 9.17) is 23.7 Å². The minimum absolute atomic E-state index is 0.175. The van der Waals surface area contributed by atoms with Gasteiger partial charge in [-0.15, -0.1) is 0 Å². The third kappa shape index (κ3) is 4.86. The topological polar surface area (TPSA) is 75.3 Å². The summed E-state index contributed by atoms with van der Waals surface area (Å²) in [6.45, 7) is 6.47. The number of esters is 1. The number of carbonyl (C=O) groups excluding carboxylic acids is 1. The van der Waals surface area contributed by atoms with Crippen molar-refractivity contribution >= 4 is 5.97 Å². The Morgan fingerprint density at radius 3 is 2.59 bits per heavy atom. The quantitative estimate of drug-likeness (QED) is 0.692. The van der Waals surface area contributed by atoms with Crippen molar-refractivity contribution in [1.29, 1.82) is 0 Å². The summed E-state index contributed by atoms with van der Waals surface area (Å²) >= 11 is 0. The van der Waals surface area contributed by atoms with Gasteiger partial charge in [0.1, 0.15) is 18.3 Å². The molecule has 7 nitrogen and oxygen atoms in total. The van der Waals surface area contributed by atoms with Crippen molar-refractivity contribution in [3.8, 4) is 0 Å². The Kier molecular flexibility index (Phi) is 6.49. The molecule has 2 fully saturated rings. The van der Waals surface area contributed by atoms with E-state index in [-0.39, 0.29) is 30.6 Å². The van der Waals surface area contributed by atoms with Gasteiger partial charge in [0.15, 0.2) is 12.1 Å². The molecule has 1 aromatic carbocycles. The molecule has 1 N–H and O–H groups in total. The molecule has 1 aromatic rings. The van der Waals surface area contributed by atoms with E-state index in [0.717, 1.165) is 5.56 Å². The van der Waals surface area contributed by atoms with E-state index in [2.05, 4.69) is 5.32 Å². The van der Waals surface area contributed by atoms with Crippen LogP contribution in [-0.4, -0.2) is 56.1 Å². The second-order valence-electron chi connectivity index (χ2n) is 7.25. The van der Waals surface area contributed by atoms with Crippen molar-refractivity contribution in [2.75, 3.05) is 13.7 Å². The molecule has 0 saturated carbocycles. The lowest BCUT2D eigenvalue weighted by molar-refractivity contribution is -0.230. The van der Waals surface area contributed by atoms with Crippen LogP contribution in [-0.2, 0) is 35.0 Å². The summed E-state index contributed by atoms with van der Waals surface area (Å²) in [6.07, 6.45) is -1.42. The molecule has 0 amide bonds. The first-order valence-electron chi connectivity index (χ1n) is 9.40. The first-order chi connectivity index (χ1) is 12.9. The van der Waals surface area contributed by atoms with E-state index in [1.807, 2.05) is 44.2 Å². The number of ether oxygens (including phenoxy) is 5. The molecule has 0 aromatic heterocycles. The number of hydrogen-bond acceptors (Lipinski definition) is 7. The lowest BCUT2D eigenvalue weighted by Gasteiger charge is -2.29. The predicted molar refractivity (Wildman–Crippen MR) is 97.8 cm³/mol. The van der Waals surface area contributed by atoms with Crippen molar-refractivity contribution in [2.24, 2.45) is 0 Å². The fourth-order valence-corrected chi connectivity index (χ4v) is 3.65. The average Bonchev–Trinajstić information content (AvgIpc) is 3.12. The van der Waals surface area contributed by atoms with E-state index >= 15 is 0 Å². The molecule has 2 aliphatic rings. The molecule has 0 spiro atoms. The van der Waals surface area contributed by atoms with Crippen molar-refractivity contribution in [3.05, 3.63) is 35.9 Å². The molecule has 2 saturated heterocycles. The molecule has 2 heterocycles. The van der Waals surface area contributed by atoms with Crippen LogP contribution in [0.25, 0.3) is 0 Å². The Morgan fingerprint density at radius 1 is 1.22 bits per heavy atom. The number of hydrogen-bond donors (Lipinski definition) is 1. The maximum absolute atomic E-state index is 12.2. The minimum atomic E-state index is -0.720. The highest BCUT2D eigenvalue weighted by molar-refractivity contribution is 5.70. The first-order valence-corrected chi connectivity index (χ1v) is 9.40. The van der Waals surface area contributed by atoms with Gasteiger partial charge in [-0.3, -0.25) is 4.79 Å². The Balaban J connectivity index is 1.75. The Bertz CT molecular complexity index is 622. The third-order valence-corrected chi connectivity index (χ3v) is 4.78. The van der Waals surface area contributed by atoms with Crippen LogP contribution >= 0.6 is 0 Å². The SMILES string of the molecule is CCOC(=O)C[C@H](NCc1ccccc1)[C@H]1O[C@@H](OC)[C@@H]2OC(C)(C)O[C@@H]21. The van der Waals surface area contributed by atoms with Crippen LogP contribution in [0.3, 0.4) is 0 Å². The number of fused-ring (bicyclic) bond motifs is 1. The summed E-state index contributed by atoms with van der Waals surface area (Å²) in [5.41, 5.74) is 1.12. The molecule has 0 bridgehead atoms. The van der Waals surface area contributed by atoms with Crippen LogP contribution in [0, 0.1) is 0 Å². The van der Waals surface area contributed by atoms with Gasteiger partial charge in [0.2, 0.25) is 0 Å². The zero-order valence-electron chi connectivity index (χ0n) is 16.3. The smallest absolute Gasteiger partial charge is 0.307 e. The van der Waals surface area contributed by atoms with Gasteiger partial charge in [-0.2, -0.15) is 0 Å². The zero-order chi connectivity index (χ0) is 19.4. The third-order valence-electron chi connectivity index (χ3n) is 4.78.